The van der Waals surface area contributed by atoms with Crippen LogP contribution >= 0.6 is 0 Å². The molecule has 3 aromatic heterocycles. The van der Waals surface area contributed by atoms with Crippen molar-refractivity contribution in [3.8, 4) is 11.4 Å². The summed E-state index contributed by atoms with van der Waals surface area (Å²) in [4.78, 5) is 4.38. The molecule has 0 bridgehead atoms. The Kier molecular flexibility index (Phi) is 2.32. The molecule has 0 atom stereocenters. The van der Waals surface area contributed by atoms with Gasteiger partial charge in [0.15, 0.2) is 5.65 Å². The van der Waals surface area contributed by atoms with Gasteiger partial charge in [0.1, 0.15) is 12.7 Å². The van der Waals surface area contributed by atoms with E-state index in [1.165, 1.54) is 0 Å². The van der Waals surface area contributed by atoms with Crippen LogP contribution in [0.2, 0.25) is 0 Å². The summed E-state index contributed by atoms with van der Waals surface area (Å²) >= 11 is 0. The van der Waals surface area contributed by atoms with E-state index >= 15 is 0 Å². The van der Waals surface area contributed by atoms with Crippen molar-refractivity contribution in [2.45, 2.75) is 0 Å². The summed E-state index contributed by atoms with van der Waals surface area (Å²) in [5.74, 6) is 0. The lowest BCUT2D eigenvalue weighted by Gasteiger charge is -2.06. The van der Waals surface area contributed by atoms with Gasteiger partial charge in [-0.25, -0.2) is 9.67 Å². The third kappa shape index (κ3) is 1.66. The number of benzene rings is 1. The van der Waals surface area contributed by atoms with E-state index in [0.717, 1.165) is 22.4 Å². The van der Waals surface area contributed by atoms with E-state index in [1.807, 2.05) is 51.8 Å². The predicted octanol–water partition coefficient (Wildman–Crippen LogP) is 2.00. The zero-order valence-electron chi connectivity index (χ0n) is 10.5. The quantitative estimate of drug-likeness (QED) is 0.554. The van der Waals surface area contributed by atoms with E-state index < -0.39 is 0 Å². The first-order valence-corrected chi connectivity index (χ1v) is 6.16. The molecule has 4 rings (SSSR count). The molecule has 0 spiro atoms. The van der Waals surface area contributed by atoms with Crippen LogP contribution in [-0.2, 0) is 0 Å². The van der Waals surface area contributed by atoms with Gasteiger partial charge in [0.25, 0.3) is 0 Å². The third-order valence-electron chi connectivity index (χ3n) is 3.12. The fourth-order valence-corrected chi connectivity index (χ4v) is 2.17. The molecule has 0 radical (unpaired) electrons. The van der Waals surface area contributed by atoms with Gasteiger partial charge in [0.05, 0.1) is 17.6 Å². The van der Waals surface area contributed by atoms with E-state index in [9.17, 15) is 0 Å². The molecule has 6 heteroatoms. The summed E-state index contributed by atoms with van der Waals surface area (Å²) in [6, 6.07) is 11.9. The van der Waals surface area contributed by atoms with Crippen LogP contribution in [0.5, 0.6) is 0 Å². The molecule has 6 nitrogen and oxygen atoms in total. The van der Waals surface area contributed by atoms with Gasteiger partial charge in [-0.2, -0.15) is 5.10 Å². The highest BCUT2D eigenvalue weighted by Crippen LogP contribution is 2.18. The molecular weight excluding hydrogens is 252 g/mol. The lowest BCUT2D eigenvalue weighted by atomic mass is 10.2. The van der Waals surface area contributed by atoms with Gasteiger partial charge in [0.2, 0.25) is 0 Å². The van der Waals surface area contributed by atoms with Crippen molar-refractivity contribution >= 4 is 11.0 Å². The molecule has 0 aliphatic heterocycles. The minimum atomic E-state index is 0.841. The Labute approximate surface area is 114 Å². The fourth-order valence-electron chi connectivity index (χ4n) is 2.17. The summed E-state index contributed by atoms with van der Waals surface area (Å²) in [7, 11) is 0. The Morgan fingerprint density at radius 2 is 1.75 bits per heavy atom. The molecule has 0 amide bonds. The van der Waals surface area contributed by atoms with Crippen molar-refractivity contribution in [2.24, 2.45) is 0 Å². The van der Waals surface area contributed by atoms with Crippen LogP contribution in [0.4, 0.5) is 0 Å². The molecule has 0 unspecified atom stereocenters. The second kappa shape index (κ2) is 4.27. The second-order valence-corrected chi connectivity index (χ2v) is 4.36. The van der Waals surface area contributed by atoms with E-state index in [2.05, 4.69) is 20.3 Å². The van der Waals surface area contributed by atoms with Crippen LogP contribution in [0.1, 0.15) is 0 Å². The first-order valence-electron chi connectivity index (χ1n) is 6.16. The van der Waals surface area contributed by atoms with E-state index in [4.69, 9.17) is 0 Å². The Morgan fingerprint density at radius 1 is 0.900 bits per heavy atom. The minimum absolute atomic E-state index is 0.841. The number of nitrogens with zero attached hydrogens (tertiary/aromatic N) is 6. The molecule has 4 aromatic rings. The Balaban J connectivity index is 1.88. The smallest absolute Gasteiger partial charge is 0.162 e. The Hall–Kier alpha value is -3.02. The lowest BCUT2D eigenvalue weighted by molar-refractivity contribution is 0.893. The van der Waals surface area contributed by atoms with Crippen molar-refractivity contribution in [1.82, 2.24) is 29.5 Å². The number of aromatic nitrogens is 6. The zero-order valence-corrected chi connectivity index (χ0v) is 10.5. The zero-order chi connectivity index (χ0) is 13.4. The van der Waals surface area contributed by atoms with E-state index in [-0.39, 0.29) is 0 Å². The number of pyridine rings is 1. The SMILES string of the molecule is c1cc(-n2cnnc2)cc(-n2ncc3cccnc32)c1. The van der Waals surface area contributed by atoms with E-state index in [0.29, 0.717) is 0 Å². The fraction of sp³-hybridized carbons (Fsp3) is 0. The van der Waals surface area contributed by atoms with Crippen LogP contribution in [0.15, 0.2) is 61.4 Å². The highest BCUT2D eigenvalue weighted by molar-refractivity contribution is 5.76. The first-order chi connectivity index (χ1) is 9.92. The summed E-state index contributed by atoms with van der Waals surface area (Å²) in [6.45, 7) is 0. The molecule has 3 heterocycles. The van der Waals surface area contributed by atoms with Gasteiger partial charge in [-0.15, -0.1) is 10.2 Å². The largest absolute Gasteiger partial charge is 0.288 e. The van der Waals surface area contributed by atoms with Gasteiger partial charge in [-0.1, -0.05) is 6.07 Å². The van der Waals surface area contributed by atoms with Gasteiger partial charge in [0, 0.05) is 11.6 Å². The highest BCUT2D eigenvalue weighted by Gasteiger charge is 2.06. The second-order valence-electron chi connectivity index (χ2n) is 4.36. The van der Waals surface area contributed by atoms with Gasteiger partial charge in [-0.3, -0.25) is 4.57 Å². The first kappa shape index (κ1) is 10.9. The van der Waals surface area contributed by atoms with Crippen LogP contribution in [0, 0.1) is 0 Å². The lowest BCUT2D eigenvalue weighted by Crippen LogP contribution is -1.99. The molecule has 96 valence electrons. The predicted molar refractivity (Wildman–Crippen MR) is 73.8 cm³/mol. The summed E-state index contributed by atoms with van der Waals surface area (Å²) in [5, 5.41) is 13.1. The summed E-state index contributed by atoms with van der Waals surface area (Å²) < 4.78 is 3.67. The molecule has 1 aromatic carbocycles. The van der Waals surface area contributed by atoms with Crippen LogP contribution < -0.4 is 0 Å². The van der Waals surface area contributed by atoms with Crippen molar-refractivity contribution in [3.63, 3.8) is 0 Å². The van der Waals surface area contributed by atoms with Crippen molar-refractivity contribution < 1.29 is 0 Å². The number of hydrogen-bond acceptors (Lipinski definition) is 4. The summed E-state index contributed by atoms with van der Waals surface area (Å²) in [5.41, 5.74) is 2.77. The number of hydrogen-bond donors (Lipinski definition) is 0. The summed E-state index contributed by atoms with van der Waals surface area (Å²) in [6.07, 6.45) is 6.91. The van der Waals surface area contributed by atoms with Crippen molar-refractivity contribution in [3.05, 3.63) is 61.4 Å². The minimum Gasteiger partial charge on any atom is -0.288 e. The van der Waals surface area contributed by atoms with E-state index in [1.54, 1.807) is 18.9 Å². The maximum absolute atomic E-state index is 4.40. The molecule has 0 aliphatic rings. The maximum atomic E-state index is 4.40. The molecule has 0 saturated heterocycles. The molecule has 0 fully saturated rings. The molecule has 20 heavy (non-hydrogen) atoms. The third-order valence-corrected chi connectivity index (χ3v) is 3.12. The maximum Gasteiger partial charge on any atom is 0.162 e. The van der Waals surface area contributed by atoms with Gasteiger partial charge < -0.3 is 0 Å². The molecule has 0 aliphatic carbocycles. The Bertz CT molecular complexity index is 862. The molecule has 0 N–H and O–H groups in total. The number of rotatable bonds is 2. The van der Waals surface area contributed by atoms with Crippen LogP contribution in [-0.4, -0.2) is 29.5 Å². The standard InChI is InChI=1S/C14H10N6/c1-4-12(19-9-16-17-10-19)7-13(5-1)20-14-11(8-18-20)3-2-6-15-14/h1-10H. The van der Waals surface area contributed by atoms with Gasteiger partial charge in [-0.05, 0) is 30.3 Å². The van der Waals surface area contributed by atoms with Crippen LogP contribution in [0.25, 0.3) is 22.4 Å². The van der Waals surface area contributed by atoms with Crippen LogP contribution in [0.3, 0.4) is 0 Å². The molecule has 0 saturated carbocycles. The average molecular weight is 262 g/mol. The van der Waals surface area contributed by atoms with Gasteiger partial charge >= 0.3 is 0 Å². The van der Waals surface area contributed by atoms with Crippen molar-refractivity contribution in [2.75, 3.05) is 0 Å². The molecular formula is C14H10N6. The average Bonchev–Trinajstić information content (AvgIpc) is 3.17. The van der Waals surface area contributed by atoms with Crippen molar-refractivity contribution in [1.29, 1.82) is 0 Å². The topological polar surface area (TPSA) is 61.4 Å². The number of fused-ring (bicyclic) bond motifs is 1. The Morgan fingerprint density at radius 3 is 2.65 bits per heavy atom. The monoisotopic (exact) mass is 262 g/mol. The normalized spacial score (nSPS) is 11.0. The highest BCUT2D eigenvalue weighted by atomic mass is 15.3.